The molecule has 1 fully saturated rings. The van der Waals surface area contributed by atoms with E-state index in [1.54, 1.807) is 28.4 Å². The van der Waals surface area contributed by atoms with Gasteiger partial charge in [0.1, 0.15) is 5.75 Å². The molecule has 1 aliphatic heterocycles. The van der Waals surface area contributed by atoms with Crippen LogP contribution in [0.25, 0.3) is 0 Å². The van der Waals surface area contributed by atoms with Crippen LogP contribution in [-0.4, -0.2) is 64.9 Å². The van der Waals surface area contributed by atoms with E-state index in [1.807, 2.05) is 12.1 Å². The van der Waals surface area contributed by atoms with Crippen molar-refractivity contribution < 1.29 is 14.2 Å². The Kier molecular flexibility index (Phi) is 9.20. The first kappa shape index (κ1) is 22.1. The minimum atomic E-state index is 0.576. The number of benzene rings is 1. The summed E-state index contributed by atoms with van der Waals surface area (Å²) in [5, 5.41) is 6.74. The lowest BCUT2D eigenvalue weighted by Crippen LogP contribution is -2.41. The topological polar surface area (TPSA) is 67.4 Å². The Balaban J connectivity index is 1.83. The summed E-state index contributed by atoms with van der Waals surface area (Å²) in [6.45, 7) is 6.17. The molecule has 0 aromatic heterocycles. The number of rotatable bonds is 9. The molecule has 2 rings (SSSR count). The van der Waals surface area contributed by atoms with Crippen LogP contribution in [0.5, 0.6) is 17.2 Å². The van der Waals surface area contributed by atoms with E-state index >= 15 is 0 Å². The average Bonchev–Trinajstić information content (AvgIpc) is 2.73. The zero-order chi connectivity index (χ0) is 20.4. The van der Waals surface area contributed by atoms with E-state index in [2.05, 4.69) is 27.4 Å². The number of hydrogen-bond acceptors (Lipinski definition) is 5. The number of piperidine rings is 1. The van der Waals surface area contributed by atoms with Crippen LogP contribution in [0, 0.1) is 0 Å². The molecule has 0 bridgehead atoms. The van der Waals surface area contributed by atoms with Gasteiger partial charge >= 0.3 is 0 Å². The smallest absolute Gasteiger partial charge is 0.191 e. The number of aliphatic imine (C=N–C) groups is 1. The van der Waals surface area contributed by atoms with Gasteiger partial charge in [-0.3, -0.25) is 4.99 Å². The third-order valence-electron chi connectivity index (χ3n) is 5.31. The van der Waals surface area contributed by atoms with Gasteiger partial charge in [0.05, 0.1) is 21.3 Å². The lowest BCUT2D eigenvalue weighted by molar-refractivity contribution is 0.159. The molecule has 0 amide bonds. The first-order valence-corrected chi connectivity index (χ1v) is 10.1. The first-order valence-electron chi connectivity index (χ1n) is 10.1. The molecule has 7 nitrogen and oxygen atoms in total. The summed E-state index contributed by atoms with van der Waals surface area (Å²) in [4.78, 5) is 6.91. The second-order valence-electron chi connectivity index (χ2n) is 7.11. The summed E-state index contributed by atoms with van der Waals surface area (Å²) in [7, 11) is 6.68. The van der Waals surface area contributed by atoms with Crippen LogP contribution in [0.15, 0.2) is 17.1 Å². The van der Waals surface area contributed by atoms with Crippen LogP contribution in [0.4, 0.5) is 0 Å². The Morgan fingerprint density at radius 1 is 1.07 bits per heavy atom. The van der Waals surface area contributed by atoms with Crippen LogP contribution in [0.3, 0.4) is 0 Å². The highest BCUT2D eigenvalue weighted by Crippen LogP contribution is 2.34. The molecule has 0 aliphatic carbocycles. The standard InChI is InChI=1S/C21H36N4O3/c1-16-9-6-7-11-25(16)12-8-10-23-21(22-2)24-15-17-13-19(27-4)20(28-5)14-18(17)26-3/h13-14,16H,6-12,15H2,1-5H3,(H2,22,23,24). The summed E-state index contributed by atoms with van der Waals surface area (Å²) in [6, 6.07) is 4.48. The van der Waals surface area contributed by atoms with Crippen LogP contribution in [-0.2, 0) is 6.54 Å². The van der Waals surface area contributed by atoms with Gasteiger partial charge < -0.3 is 29.7 Å². The van der Waals surface area contributed by atoms with E-state index in [0.717, 1.165) is 36.8 Å². The maximum absolute atomic E-state index is 5.49. The first-order chi connectivity index (χ1) is 13.6. The van der Waals surface area contributed by atoms with E-state index in [-0.39, 0.29) is 0 Å². The van der Waals surface area contributed by atoms with Crippen LogP contribution in [0.1, 0.15) is 38.2 Å². The molecule has 2 N–H and O–H groups in total. The zero-order valence-electron chi connectivity index (χ0n) is 18.0. The van der Waals surface area contributed by atoms with Gasteiger partial charge in [-0.2, -0.15) is 0 Å². The van der Waals surface area contributed by atoms with Crippen molar-refractivity contribution in [3.63, 3.8) is 0 Å². The largest absolute Gasteiger partial charge is 0.496 e. The highest BCUT2D eigenvalue weighted by atomic mass is 16.5. The Morgan fingerprint density at radius 2 is 1.79 bits per heavy atom. The van der Waals surface area contributed by atoms with Crippen LogP contribution in [0.2, 0.25) is 0 Å². The molecule has 7 heteroatoms. The number of hydrogen-bond donors (Lipinski definition) is 2. The molecule has 0 radical (unpaired) electrons. The van der Waals surface area contributed by atoms with Crippen molar-refractivity contribution in [1.82, 2.24) is 15.5 Å². The fourth-order valence-corrected chi connectivity index (χ4v) is 3.61. The maximum Gasteiger partial charge on any atom is 0.191 e. The van der Waals surface area contributed by atoms with Gasteiger partial charge in [0.2, 0.25) is 0 Å². The number of nitrogens with zero attached hydrogens (tertiary/aromatic N) is 2. The Hall–Kier alpha value is -2.15. The summed E-state index contributed by atoms with van der Waals surface area (Å²) in [6.07, 6.45) is 5.12. The quantitative estimate of drug-likeness (QED) is 0.383. The van der Waals surface area contributed by atoms with Crippen molar-refractivity contribution in [3.05, 3.63) is 17.7 Å². The minimum Gasteiger partial charge on any atom is -0.496 e. The molecule has 1 saturated heterocycles. The molecule has 0 saturated carbocycles. The second-order valence-corrected chi connectivity index (χ2v) is 7.11. The van der Waals surface area contributed by atoms with Crippen molar-refractivity contribution in [2.75, 3.05) is 48.0 Å². The molecule has 28 heavy (non-hydrogen) atoms. The number of ether oxygens (including phenoxy) is 3. The SMILES string of the molecule is CN=C(NCCCN1CCCCC1C)NCc1cc(OC)c(OC)cc1OC. The number of methoxy groups -OCH3 is 3. The zero-order valence-corrected chi connectivity index (χ0v) is 18.0. The van der Waals surface area contributed by atoms with Crippen molar-refractivity contribution in [1.29, 1.82) is 0 Å². The highest BCUT2D eigenvalue weighted by molar-refractivity contribution is 5.79. The molecule has 1 heterocycles. The van der Waals surface area contributed by atoms with Gasteiger partial charge in [-0.1, -0.05) is 6.42 Å². The monoisotopic (exact) mass is 392 g/mol. The predicted octanol–water partition coefficient (Wildman–Crippen LogP) is 2.64. The Bertz CT molecular complexity index is 636. The molecular formula is C21H36N4O3. The average molecular weight is 393 g/mol. The van der Waals surface area contributed by atoms with E-state index in [9.17, 15) is 0 Å². The molecule has 1 aromatic carbocycles. The van der Waals surface area contributed by atoms with Gasteiger partial charge in [0.15, 0.2) is 17.5 Å². The Morgan fingerprint density at radius 3 is 2.43 bits per heavy atom. The van der Waals surface area contributed by atoms with Crippen molar-refractivity contribution in [3.8, 4) is 17.2 Å². The molecule has 1 unspecified atom stereocenters. The molecule has 1 aromatic rings. The fourth-order valence-electron chi connectivity index (χ4n) is 3.61. The van der Waals surface area contributed by atoms with E-state index in [4.69, 9.17) is 14.2 Å². The summed E-state index contributed by atoms with van der Waals surface area (Å²) < 4.78 is 16.2. The van der Waals surface area contributed by atoms with Crippen molar-refractivity contribution in [2.45, 2.75) is 45.2 Å². The van der Waals surface area contributed by atoms with Crippen LogP contribution >= 0.6 is 0 Å². The van der Waals surface area contributed by atoms with E-state index in [1.165, 1.54) is 25.8 Å². The summed E-state index contributed by atoms with van der Waals surface area (Å²) in [5.74, 6) is 2.86. The maximum atomic E-state index is 5.49. The van der Waals surface area contributed by atoms with E-state index in [0.29, 0.717) is 24.1 Å². The normalized spacial score (nSPS) is 17.9. The molecule has 158 valence electrons. The van der Waals surface area contributed by atoms with Gasteiger partial charge in [-0.25, -0.2) is 0 Å². The second kappa shape index (κ2) is 11.6. The number of guanidine groups is 1. The minimum absolute atomic E-state index is 0.576. The van der Waals surface area contributed by atoms with Crippen LogP contribution < -0.4 is 24.8 Å². The lowest BCUT2D eigenvalue weighted by Gasteiger charge is -2.33. The van der Waals surface area contributed by atoms with E-state index < -0.39 is 0 Å². The predicted molar refractivity (Wildman–Crippen MR) is 114 cm³/mol. The molecular weight excluding hydrogens is 356 g/mol. The lowest BCUT2D eigenvalue weighted by atomic mass is 10.0. The number of nitrogens with one attached hydrogen (secondary N) is 2. The van der Waals surface area contributed by atoms with Gasteiger partial charge in [0.25, 0.3) is 0 Å². The van der Waals surface area contributed by atoms with Gasteiger partial charge in [-0.05, 0) is 38.8 Å². The van der Waals surface area contributed by atoms with Crippen molar-refractivity contribution in [2.24, 2.45) is 4.99 Å². The molecule has 1 aliphatic rings. The number of likely N-dealkylation sites (tertiary alicyclic amines) is 1. The summed E-state index contributed by atoms with van der Waals surface area (Å²) >= 11 is 0. The molecule has 0 spiro atoms. The van der Waals surface area contributed by atoms with Gasteiger partial charge in [-0.15, -0.1) is 0 Å². The third kappa shape index (κ3) is 6.19. The van der Waals surface area contributed by atoms with Crippen molar-refractivity contribution >= 4 is 5.96 Å². The third-order valence-corrected chi connectivity index (χ3v) is 5.31. The summed E-state index contributed by atoms with van der Waals surface area (Å²) in [5.41, 5.74) is 0.977. The fraction of sp³-hybridized carbons (Fsp3) is 0.667. The Labute approximate surface area is 169 Å². The highest BCUT2D eigenvalue weighted by Gasteiger charge is 2.17. The molecule has 1 atom stereocenters. The van der Waals surface area contributed by atoms with Gasteiger partial charge in [0, 0.05) is 44.4 Å².